The topological polar surface area (TPSA) is 135 Å². The molecule has 1 N–H and O–H groups in total. The fraction of sp³-hybridized carbons (Fsp3) is 0.733. The molecule has 5 aliphatic rings. The van der Waals surface area contributed by atoms with E-state index >= 15 is 0 Å². The van der Waals surface area contributed by atoms with Gasteiger partial charge < -0.3 is 18.9 Å². The quantitative estimate of drug-likeness (QED) is 0.178. The van der Waals surface area contributed by atoms with Crippen molar-refractivity contribution in [3.8, 4) is 0 Å². The first-order valence-corrected chi connectivity index (χ1v) is 14.0. The number of carbonyl (C=O) groups is 4. The fourth-order valence-corrected chi connectivity index (χ4v) is 9.73. The molecule has 1 saturated heterocycles. The summed E-state index contributed by atoms with van der Waals surface area (Å²) in [7, 11) is 0. The van der Waals surface area contributed by atoms with Crippen molar-refractivity contribution in [1.82, 2.24) is 0 Å². The lowest BCUT2D eigenvalue weighted by Crippen LogP contribution is -2.70. The second-order valence-corrected chi connectivity index (χ2v) is 13.4. The molecule has 0 radical (unpaired) electrons. The standard InChI is InChI=1S/C30H40O10/c1-15(31)37-24-25-27(3,4)39-21(33)9-11-29(25,6)19-8-10-28(5)20(30(19,7)26(24)38-16(2)32)13-18(40-35)23(28)17-12-22(34)36-14-17/h9,11,13,17-19,23-26,35H,8,10,12,14H2,1-7H3/t17?,18-,19+,23+,24+,25-,26+,28+,29+,30+/m0/s1. The molecule has 40 heavy (non-hydrogen) atoms. The molecule has 2 saturated carbocycles. The molecule has 1 unspecified atom stereocenters. The number of esters is 4. The summed E-state index contributed by atoms with van der Waals surface area (Å²) in [5, 5.41) is 10.1. The predicted octanol–water partition coefficient (Wildman–Crippen LogP) is 3.78. The number of allylic oxidation sites excluding steroid dienone is 1. The van der Waals surface area contributed by atoms with Crippen LogP contribution < -0.4 is 0 Å². The van der Waals surface area contributed by atoms with Crippen LogP contribution in [0.3, 0.4) is 0 Å². The molecule has 5 rings (SSSR count). The Hall–Kier alpha value is -2.72. The highest BCUT2D eigenvalue weighted by Gasteiger charge is 2.73. The van der Waals surface area contributed by atoms with E-state index in [-0.39, 0.29) is 36.8 Å². The molecular formula is C30H40O10. The third-order valence-corrected chi connectivity index (χ3v) is 10.7. The Labute approximate surface area is 234 Å². The Bertz CT molecular complexity index is 1190. The Kier molecular flexibility index (Phi) is 6.77. The van der Waals surface area contributed by atoms with Gasteiger partial charge >= 0.3 is 23.9 Å². The normalized spacial score (nSPS) is 45.2. The summed E-state index contributed by atoms with van der Waals surface area (Å²) in [4.78, 5) is 55.2. The summed E-state index contributed by atoms with van der Waals surface area (Å²) in [6, 6.07) is 0. The van der Waals surface area contributed by atoms with Crippen LogP contribution in [0.5, 0.6) is 0 Å². The zero-order valence-corrected chi connectivity index (χ0v) is 24.2. The molecule has 2 aliphatic heterocycles. The molecule has 3 aliphatic carbocycles. The summed E-state index contributed by atoms with van der Waals surface area (Å²) in [5.41, 5.74) is -2.31. The molecule has 0 bridgehead atoms. The molecule has 10 atom stereocenters. The van der Waals surface area contributed by atoms with Crippen LogP contribution in [0.25, 0.3) is 0 Å². The third kappa shape index (κ3) is 4.04. The van der Waals surface area contributed by atoms with E-state index < -0.39 is 64.0 Å². The van der Waals surface area contributed by atoms with E-state index in [4.69, 9.17) is 23.8 Å². The average molecular weight is 561 g/mol. The van der Waals surface area contributed by atoms with E-state index in [2.05, 4.69) is 13.8 Å². The van der Waals surface area contributed by atoms with Crippen molar-refractivity contribution in [3.63, 3.8) is 0 Å². The third-order valence-electron chi connectivity index (χ3n) is 10.7. The molecule has 0 spiro atoms. The van der Waals surface area contributed by atoms with Crippen molar-refractivity contribution < 1.29 is 48.3 Å². The average Bonchev–Trinajstić information content (AvgIpc) is 3.36. The number of fused-ring (bicyclic) bond motifs is 5. The van der Waals surface area contributed by atoms with Gasteiger partial charge in [0.05, 0.1) is 13.0 Å². The zero-order valence-electron chi connectivity index (χ0n) is 24.2. The van der Waals surface area contributed by atoms with Gasteiger partial charge in [0.15, 0.2) is 0 Å². The summed E-state index contributed by atoms with van der Waals surface area (Å²) in [5.74, 6) is -3.00. The number of ether oxygens (including phenoxy) is 4. The summed E-state index contributed by atoms with van der Waals surface area (Å²) in [6.45, 7) is 12.7. The Morgan fingerprint density at radius 1 is 1.05 bits per heavy atom. The lowest BCUT2D eigenvalue weighted by atomic mass is 9.39. The highest BCUT2D eigenvalue weighted by Crippen LogP contribution is 2.72. The number of hydrogen-bond donors (Lipinski definition) is 1. The van der Waals surface area contributed by atoms with Gasteiger partial charge in [0.2, 0.25) is 0 Å². The predicted molar refractivity (Wildman–Crippen MR) is 139 cm³/mol. The number of hydrogen-bond acceptors (Lipinski definition) is 10. The molecule has 0 aromatic carbocycles. The van der Waals surface area contributed by atoms with Crippen molar-refractivity contribution >= 4 is 23.9 Å². The summed E-state index contributed by atoms with van der Waals surface area (Å²) >= 11 is 0. The maximum absolute atomic E-state index is 12.7. The van der Waals surface area contributed by atoms with E-state index in [1.807, 2.05) is 19.1 Å². The first-order valence-electron chi connectivity index (χ1n) is 14.0. The summed E-state index contributed by atoms with van der Waals surface area (Å²) in [6.07, 6.45) is 4.22. The largest absolute Gasteiger partial charge is 0.465 e. The monoisotopic (exact) mass is 560 g/mol. The van der Waals surface area contributed by atoms with Gasteiger partial charge in [-0.05, 0) is 38.0 Å². The molecule has 3 fully saturated rings. The van der Waals surface area contributed by atoms with E-state index in [9.17, 15) is 24.4 Å². The van der Waals surface area contributed by atoms with E-state index in [1.165, 1.54) is 19.9 Å². The smallest absolute Gasteiger partial charge is 0.330 e. The van der Waals surface area contributed by atoms with E-state index in [1.54, 1.807) is 13.8 Å². The van der Waals surface area contributed by atoms with Crippen molar-refractivity contribution in [3.05, 3.63) is 23.8 Å². The van der Waals surface area contributed by atoms with Gasteiger partial charge in [-0.1, -0.05) is 38.5 Å². The van der Waals surface area contributed by atoms with Crippen molar-refractivity contribution in [2.75, 3.05) is 6.61 Å². The Balaban J connectivity index is 1.74. The lowest BCUT2D eigenvalue weighted by molar-refractivity contribution is -0.284. The minimum atomic E-state index is -1.07. The van der Waals surface area contributed by atoms with Gasteiger partial charge in [0.1, 0.15) is 23.9 Å². The second kappa shape index (κ2) is 9.41. The second-order valence-electron chi connectivity index (χ2n) is 13.4. The number of cyclic esters (lactones) is 2. The van der Waals surface area contributed by atoms with Gasteiger partial charge in [-0.2, -0.15) is 0 Å². The molecule has 0 aromatic rings. The van der Waals surface area contributed by atoms with Crippen LogP contribution in [0, 0.1) is 39.9 Å². The van der Waals surface area contributed by atoms with Gasteiger partial charge in [-0.25, -0.2) is 9.68 Å². The maximum Gasteiger partial charge on any atom is 0.330 e. The van der Waals surface area contributed by atoms with E-state index in [0.717, 1.165) is 5.57 Å². The molecule has 0 amide bonds. The van der Waals surface area contributed by atoms with Crippen LogP contribution in [0.2, 0.25) is 0 Å². The van der Waals surface area contributed by atoms with Crippen LogP contribution in [0.1, 0.15) is 67.7 Å². The minimum Gasteiger partial charge on any atom is -0.465 e. The first-order chi connectivity index (χ1) is 18.6. The fourth-order valence-electron chi connectivity index (χ4n) is 9.73. The Morgan fingerprint density at radius 3 is 2.30 bits per heavy atom. The van der Waals surface area contributed by atoms with Crippen LogP contribution in [0.4, 0.5) is 0 Å². The molecule has 2 heterocycles. The van der Waals surface area contributed by atoms with Gasteiger partial charge in [-0.3, -0.25) is 19.6 Å². The van der Waals surface area contributed by atoms with Crippen LogP contribution in [-0.4, -0.2) is 59.7 Å². The SMILES string of the molecule is CC(=O)O[C@H]1[C@@H](OC(C)=O)[C@@]2(C)C3=C[C@H](OO)[C@@H](C4COC(=O)C4)[C@]3(C)CC[C@@H]2[C@@]2(C)C=CC(=O)OC(C)(C)[C@H]12. The van der Waals surface area contributed by atoms with Gasteiger partial charge in [0, 0.05) is 48.5 Å². The van der Waals surface area contributed by atoms with Crippen LogP contribution in [0.15, 0.2) is 23.8 Å². The first kappa shape index (κ1) is 28.8. The number of rotatable bonds is 4. The molecule has 0 aromatic heterocycles. The van der Waals surface area contributed by atoms with Crippen molar-refractivity contribution in [2.24, 2.45) is 39.9 Å². The molecule has 10 nitrogen and oxygen atoms in total. The zero-order chi connectivity index (χ0) is 29.4. The number of carbonyl (C=O) groups excluding carboxylic acids is 4. The van der Waals surface area contributed by atoms with Gasteiger partial charge in [0.25, 0.3) is 0 Å². The maximum atomic E-state index is 12.7. The Morgan fingerprint density at radius 2 is 1.73 bits per heavy atom. The molecule has 10 heteroatoms. The van der Waals surface area contributed by atoms with Crippen molar-refractivity contribution in [1.29, 1.82) is 0 Å². The van der Waals surface area contributed by atoms with Crippen LogP contribution >= 0.6 is 0 Å². The minimum absolute atomic E-state index is 0.172. The molecular weight excluding hydrogens is 520 g/mol. The van der Waals surface area contributed by atoms with E-state index in [0.29, 0.717) is 12.8 Å². The molecule has 220 valence electrons. The highest BCUT2D eigenvalue weighted by molar-refractivity contribution is 5.83. The lowest BCUT2D eigenvalue weighted by Gasteiger charge is -2.66. The van der Waals surface area contributed by atoms with Crippen molar-refractivity contribution in [2.45, 2.75) is 91.6 Å². The van der Waals surface area contributed by atoms with Crippen LogP contribution in [-0.2, 0) is 43.0 Å². The summed E-state index contributed by atoms with van der Waals surface area (Å²) < 4.78 is 23.4. The highest BCUT2D eigenvalue weighted by atomic mass is 17.1. The van der Waals surface area contributed by atoms with Gasteiger partial charge in [-0.15, -0.1) is 0 Å².